The van der Waals surface area contributed by atoms with Crippen molar-refractivity contribution < 1.29 is 66.5 Å². The van der Waals surface area contributed by atoms with Gasteiger partial charge in [0.05, 0.1) is 55.7 Å². The van der Waals surface area contributed by atoms with Crippen LogP contribution in [-0.2, 0) is 88.8 Å². The number of alkyl carbamates (subject to hydrolysis) is 1. The Morgan fingerprint density at radius 2 is 1.55 bits per heavy atom. The third kappa shape index (κ3) is 13.2. The lowest BCUT2D eigenvalue weighted by molar-refractivity contribution is -0.156. The van der Waals surface area contributed by atoms with Gasteiger partial charge in [0.25, 0.3) is 17.7 Å². The minimum atomic E-state index is -1.15. The molecule has 2 aromatic heterocycles. The van der Waals surface area contributed by atoms with Gasteiger partial charge in [-0.3, -0.25) is 48.1 Å². The van der Waals surface area contributed by atoms with E-state index in [-0.39, 0.29) is 64.0 Å². The first-order chi connectivity index (χ1) is 38.4. The number of hydrogen-bond donors (Lipinski definition) is 7. The molecule has 9 amide bonds. The fourth-order valence-corrected chi connectivity index (χ4v) is 10.6. The van der Waals surface area contributed by atoms with Crippen molar-refractivity contribution in [3.63, 3.8) is 0 Å². The summed E-state index contributed by atoms with van der Waals surface area (Å²) in [5, 5.41) is 18.6. The maximum Gasteiger partial charge on any atom is 0.407 e. The van der Waals surface area contributed by atoms with Crippen molar-refractivity contribution in [2.45, 2.75) is 89.4 Å². The highest BCUT2D eigenvalue weighted by Crippen LogP contribution is 2.47. The number of rotatable bonds is 24. The van der Waals surface area contributed by atoms with Crippen LogP contribution in [-0.4, -0.2) is 139 Å². The Bertz CT molecular complexity index is 3260. The highest BCUT2D eigenvalue weighted by molar-refractivity contribution is 7.71. The minimum Gasteiger partial charge on any atom is -0.460 e. The van der Waals surface area contributed by atoms with E-state index in [1.807, 2.05) is 10.6 Å². The molecule has 7 N–H and O–H groups in total. The van der Waals surface area contributed by atoms with E-state index in [2.05, 4.69) is 37.2 Å². The zero-order valence-corrected chi connectivity index (χ0v) is 45.1. The second-order valence-electron chi connectivity index (χ2n) is 19.9. The average Bonchev–Trinajstić information content (AvgIpc) is 4.15. The number of aryl methyl sites for hydroxylation is 1. The molecule has 0 radical (unpaired) electrons. The minimum absolute atomic E-state index is 0.0114. The maximum absolute atomic E-state index is 15.4. The molecule has 0 saturated carbocycles. The molecule has 8 rings (SSSR count). The molecule has 0 saturated heterocycles. The fraction of sp³-hybridized carbons (Fsp3) is 0.418. The molecule has 0 spiro atoms. The van der Waals surface area contributed by atoms with Crippen LogP contribution in [0, 0.1) is 17.4 Å². The van der Waals surface area contributed by atoms with Gasteiger partial charge in [0.1, 0.15) is 28.5 Å². The Balaban J connectivity index is 0.772. The predicted octanol–water partition coefficient (Wildman–Crippen LogP) is 1.71. The van der Waals surface area contributed by atoms with Crippen LogP contribution in [0.4, 0.5) is 9.18 Å². The molecule has 0 bridgehead atoms. The predicted molar refractivity (Wildman–Crippen MR) is 286 cm³/mol. The number of cyclic esters (lactones) is 1. The van der Waals surface area contributed by atoms with Crippen LogP contribution in [0.25, 0.3) is 22.3 Å². The molecule has 3 aliphatic heterocycles. The van der Waals surface area contributed by atoms with E-state index < -0.39 is 97.1 Å². The number of aromatic nitrogens is 2. The van der Waals surface area contributed by atoms with Crippen molar-refractivity contribution in [2.75, 3.05) is 59.6 Å². The van der Waals surface area contributed by atoms with Gasteiger partial charge in [-0.2, -0.15) is 0 Å². The average molecular weight is 1120 g/mol. The smallest absolute Gasteiger partial charge is 0.407 e. The zero-order chi connectivity index (χ0) is 57.3. The van der Waals surface area contributed by atoms with Crippen molar-refractivity contribution in [1.29, 1.82) is 0 Å². The van der Waals surface area contributed by atoms with Crippen molar-refractivity contribution in [3.05, 3.63) is 104 Å². The number of ether oxygens (including phenoxy) is 3. The highest BCUT2D eigenvalue weighted by atomic mass is 32.1. The molecule has 5 heterocycles. The zero-order valence-electron chi connectivity index (χ0n) is 44.3. The van der Waals surface area contributed by atoms with E-state index in [0.29, 0.717) is 75.9 Å². The number of nitrogens with zero attached hydrogens (tertiary/aromatic N) is 3. The molecular weight excluding hydrogens is 1060 g/mol. The Morgan fingerprint density at radius 3 is 2.30 bits per heavy atom. The molecule has 1 aliphatic carbocycles. The fourth-order valence-electron chi connectivity index (χ4n) is 10.3. The number of fused-ring (bicyclic) bond motifs is 5. The van der Waals surface area contributed by atoms with Crippen LogP contribution in [0.5, 0.6) is 0 Å². The van der Waals surface area contributed by atoms with E-state index in [0.717, 1.165) is 27.0 Å². The van der Waals surface area contributed by atoms with E-state index in [9.17, 15) is 47.9 Å². The van der Waals surface area contributed by atoms with Crippen molar-refractivity contribution in [3.8, 4) is 11.4 Å². The summed E-state index contributed by atoms with van der Waals surface area (Å²) in [6.45, 7) is 1.75. The Kier molecular flexibility index (Phi) is 18.4. The van der Waals surface area contributed by atoms with Gasteiger partial charge >= 0.3 is 12.1 Å². The van der Waals surface area contributed by atoms with Crippen molar-refractivity contribution in [1.82, 2.24) is 51.7 Å². The number of carbonyl (C=O) groups is 10. The van der Waals surface area contributed by atoms with Crippen LogP contribution in [0.2, 0.25) is 0 Å². The molecule has 80 heavy (non-hydrogen) atoms. The van der Waals surface area contributed by atoms with E-state index >= 15 is 4.39 Å². The quantitative estimate of drug-likeness (QED) is 0.0200. The number of carbonyl (C=O) groups excluding carboxylic acids is 10. The largest absolute Gasteiger partial charge is 0.460 e. The SMILES string of the molecule is COC[C@@]1(C)C(=O)OCc2c1cc1n(c2=S)Cc2c-1nc1cc(F)c(C)c3c1c2[C@H](NC(=O)COC(=O)NCCNC(=O)CNC(=O)[C@H](Cc1ccccc1)NC(=O)CNC(=O)CNC(=O)CCCCCN1C(=O)C=CC1=O)CC3. The van der Waals surface area contributed by atoms with Crippen LogP contribution in [0.3, 0.4) is 0 Å². The number of benzene rings is 2. The first-order valence-corrected chi connectivity index (χ1v) is 26.5. The molecule has 0 fully saturated rings. The third-order valence-corrected chi connectivity index (χ3v) is 14.8. The van der Waals surface area contributed by atoms with Crippen LogP contribution in [0.1, 0.15) is 84.0 Å². The standard InChI is InChI=1S/C55H61FN10O13S/c1-30-32-13-14-37(49-33-26-66-40(50(33)64-38(48(32)49)22-36(30)56)21-35-34(52(66)80)27-78-53(75)55(35,2)29-77-3)62-45(71)28-79-54(76)58-18-17-57-42(68)24-61-51(74)39(20-31-10-6-4-7-11-31)63-44(70)25-60-43(69)23-59-41(67)12-8-5-9-19-65-46(72)15-16-47(65)73/h4,6-7,10-11,15-16,21-22,37,39H,5,8-9,12-14,17-20,23-29H2,1-3H3,(H,57,68)(H,58,76)(H,59,67)(H,60,69)(H,61,74)(H,62,71)(H,63,70)/t37-,39+,55-/m1/s1. The number of pyridine rings is 2. The van der Waals surface area contributed by atoms with E-state index in [1.165, 1.54) is 25.3 Å². The summed E-state index contributed by atoms with van der Waals surface area (Å²) >= 11 is 6.00. The Morgan fingerprint density at radius 1 is 0.850 bits per heavy atom. The molecule has 422 valence electrons. The Hall–Kier alpha value is -8.45. The van der Waals surface area contributed by atoms with Gasteiger partial charge in [0, 0.05) is 74.3 Å². The molecular formula is C55H61FN10O13S. The molecule has 23 nitrogen and oxygen atoms in total. The summed E-state index contributed by atoms with van der Waals surface area (Å²) in [7, 11) is 1.50. The van der Waals surface area contributed by atoms with Gasteiger partial charge in [0.15, 0.2) is 6.61 Å². The topological polar surface area (TPSA) is 304 Å². The summed E-state index contributed by atoms with van der Waals surface area (Å²) in [6, 6.07) is 10.3. The second kappa shape index (κ2) is 25.6. The number of hydrogen-bond acceptors (Lipinski definition) is 15. The number of halogens is 1. The van der Waals surface area contributed by atoms with Gasteiger partial charge < -0.3 is 56.0 Å². The molecule has 2 aromatic carbocycles. The number of esters is 1. The van der Waals surface area contributed by atoms with E-state index in [1.54, 1.807) is 44.2 Å². The lowest BCUT2D eigenvalue weighted by Gasteiger charge is -2.34. The summed E-state index contributed by atoms with van der Waals surface area (Å²) in [4.78, 5) is 132. The highest BCUT2D eigenvalue weighted by Gasteiger charge is 2.45. The lowest BCUT2D eigenvalue weighted by atomic mass is 9.79. The summed E-state index contributed by atoms with van der Waals surface area (Å²) in [5.74, 6) is -5.30. The van der Waals surface area contributed by atoms with Gasteiger partial charge in [-0.25, -0.2) is 14.2 Å². The molecule has 4 aromatic rings. The maximum atomic E-state index is 15.4. The van der Waals surface area contributed by atoms with Gasteiger partial charge in [-0.1, -0.05) is 49.0 Å². The van der Waals surface area contributed by atoms with Gasteiger partial charge in [-0.05, 0) is 73.4 Å². The van der Waals surface area contributed by atoms with Crippen molar-refractivity contribution >= 4 is 82.4 Å². The first kappa shape index (κ1) is 57.7. The van der Waals surface area contributed by atoms with Crippen molar-refractivity contribution in [2.24, 2.45) is 0 Å². The van der Waals surface area contributed by atoms with Crippen LogP contribution >= 0.6 is 12.2 Å². The number of imide groups is 1. The van der Waals surface area contributed by atoms with Gasteiger partial charge in [0.2, 0.25) is 29.5 Å². The normalized spacial score (nSPS) is 16.9. The number of unbranched alkanes of at least 4 members (excludes halogenated alkanes) is 2. The summed E-state index contributed by atoms with van der Waals surface area (Å²) in [6.07, 6.45) is 4.01. The Labute approximate surface area is 463 Å². The van der Waals surface area contributed by atoms with Crippen LogP contribution < -0.4 is 37.2 Å². The number of nitrogens with one attached hydrogen (secondary N) is 7. The number of methoxy groups -OCH3 is 1. The molecule has 0 unspecified atom stereocenters. The second-order valence-corrected chi connectivity index (χ2v) is 20.3. The summed E-state index contributed by atoms with van der Waals surface area (Å²) in [5.41, 5.74) is 5.22. The lowest BCUT2D eigenvalue weighted by Crippen LogP contribution is -2.52. The van der Waals surface area contributed by atoms with Crippen LogP contribution in [0.15, 0.2) is 54.6 Å². The third-order valence-electron chi connectivity index (χ3n) is 14.4. The molecule has 25 heteroatoms. The van der Waals surface area contributed by atoms with Gasteiger partial charge in [-0.15, -0.1) is 0 Å². The first-order valence-electron chi connectivity index (χ1n) is 26.1. The number of amides is 9. The summed E-state index contributed by atoms with van der Waals surface area (Å²) < 4.78 is 34.0. The van der Waals surface area contributed by atoms with E-state index in [4.69, 9.17) is 31.4 Å². The molecule has 3 atom stereocenters. The monoisotopic (exact) mass is 1120 g/mol. The molecule has 4 aliphatic rings.